The SMILES string of the molecule is C=CC(=O)OCCCCOc1ccc(N=Nc2ccc(N=Nc3ccc(N=Nc4ccc(OCCCCOC(=O)C=C)c(Cl)c4)cc3C)cc2)c(NC(C)=O)c1. The van der Waals surface area contributed by atoms with Crippen molar-refractivity contribution in [2.24, 2.45) is 30.7 Å². The molecule has 0 fully saturated rings. The van der Waals surface area contributed by atoms with E-state index in [0.29, 0.717) is 102 Å². The maximum atomic E-state index is 11.8. The first-order chi connectivity index (χ1) is 27.1. The van der Waals surface area contributed by atoms with Crippen LogP contribution in [0.15, 0.2) is 135 Å². The molecule has 0 aromatic heterocycles. The summed E-state index contributed by atoms with van der Waals surface area (Å²) in [5.41, 5.74) is 4.82. The van der Waals surface area contributed by atoms with Crippen LogP contribution in [0.25, 0.3) is 0 Å². The first kappa shape index (κ1) is 42.2. The molecule has 0 aliphatic heterocycles. The molecule has 0 saturated heterocycles. The van der Waals surface area contributed by atoms with Gasteiger partial charge in [0.25, 0.3) is 0 Å². The molecule has 0 aliphatic carbocycles. The summed E-state index contributed by atoms with van der Waals surface area (Å²) in [6.45, 7) is 11.4. The Morgan fingerprint density at radius 1 is 0.625 bits per heavy atom. The summed E-state index contributed by atoms with van der Waals surface area (Å²) in [6.07, 6.45) is 4.92. The maximum Gasteiger partial charge on any atom is 0.330 e. The molecule has 0 saturated carbocycles. The predicted octanol–water partition coefficient (Wildman–Crippen LogP) is 11.6. The van der Waals surface area contributed by atoms with Gasteiger partial charge in [0.15, 0.2) is 0 Å². The molecule has 4 rings (SSSR count). The highest BCUT2D eigenvalue weighted by atomic mass is 35.5. The van der Waals surface area contributed by atoms with Crippen LogP contribution in [0, 0.1) is 6.92 Å². The first-order valence-electron chi connectivity index (χ1n) is 17.6. The van der Waals surface area contributed by atoms with Crippen LogP contribution in [-0.2, 0) is 23.9 Å². The molecule has 290 valence electrons. The Labute approximate surface area is 330 Å². The summed E-state index contributed by atoms with van der Waals surface area (Å²) in [6, 6.07) is 22.8. The Kier molecular flexibility index (Phi) is 17.1. The van der Waals surface area contributed by atoms with Gasteiger partial charge in [-0.25, -0.2) is 9.59 Å². The van der Waals surface area contributed by atoms with Crippen LogP contribution in [-0.4, -0.2) is 44.3 Å². The van der Waals surface area contributed by atoms with E-state index in [-0.39, 0.29) is 12.5 Å². The zero-order valence-electron chi connectivity index (χ0n) is 31.2. The molecule has 0 radical (unpaired) electrons. The van der Waals surface area contributed by atoms with E-state index in [2.05, 4.69) is 49.2 Å². The van der Waals surface area contributed by atoms with Gasteiger partial charge in [0.2, 0.25) is 5.91 Å². The average molecular weight is 780 g/mol. The van der Waals surface area contributed by atoms with Gasteiger partial charge in [-0.15, -0.1) is 5.11 Å². The summed E-state index contributed by atoms with van der Waals surface area (Å²) >= 11 is 6.38. The number of azo groups is 3. The molecule has 56 heavy (non-hydrogen) atoms. The van der Waals surface area contributed by atoms with Crippen LogP contribution in [0.3, 0.4) is 0 Å². The number of hydrogen-bond donors (Lipinski definition) is 1. The second-order valence-corrected chi connectivity index (χ2v) is 12.3. The number of benzene rings is 4. The number of anilines is 1. The normalized spacial score (nSPS) is 11.1. The molecular weight excluding hydrogens is 738 g/mol. The van der Waals surface area contributed by atoms with Crippen molar-refractivity contribution < 1.29 is 33.3 Å². The number of ether oxygens (including phenoxy) is 4. The summed E-state index contributed by atoms with van der Waals surface area (Å²) < 4.78 is 21.4. The molecule has 0 unspecified atom stereocenters. The average Bonchev–Trinajstić information content (AvgIpc) is 3.19. The smallest absolute Gasteiger partial charge is 0.330 e. The number of nitrogens with one attached hydrogen (secondary N) is 1. The van der Waals surface area contributed by atoms with E-state index in [0.717, 1.165) is 17.7 Å². The molecule has 4 aromatic carbocycles. The van der Waals surface area contributed by atoms with Gasteiger partial charge >= 0.3 is 11.9 Å². The highest BCUT2D eigenvalue weighted by molar-refractivity contribution is 6.32. The third kappa shape index (κ3) is 14.7. The van der Waals surface area contributed by atoms with Crippen molar-refractivity contribution in [3.8, 4) is 11.5 Å². The van der Waals surface area contributed by atoms with Gasteiger partial charge in [-0.1, -0.05) is 24.8 Å². The molecular formula is C41H42ClN7O7. The lowest BCUT2D eigenvalue weighted by atomic mass is 10.2. The predicted molar refractivity (Wildman–Crippen MR) is 214 cm³/mol. The minimum absolute atomic E-state index is 0.263. The van der Waals surface area contributed by atoms with Crippen LogP contribution in [0.2, 0.25) is 5.02 Å². The van der Waals surface area contributed by atoms with Gasteiger partial charge in [0, 0.05) is 25.1 Å². The Morgan fingerprint density at radius 3 is 1.70 bits per heavy atom. The molecule has 0 bridgehead atoms. The number of rotatable bonds is 21. The third-order valence-corrected chi connectivity index (χ3v) is 7.77. The highest BCUT2D eigenvalue weighted by Gasteiger charge is 2.08. The number of amides is 1. The lowest BCUT2D eigenvalue weighted by Gasteiger charge is -2.10. The van der Waals surface area contributed by atoms with E-state index in [1.165, 1.54) is 6.92 Å². The summed E-state index contributed by atoms with van der Waals surface area (Å²) in [5.74, 6) is -0.0830. The Bertz CT molecular complexity index is 2090. The fourth-order valence-electron chi connectivity index (χ4n) is 4.63. The van der Waals surface area contributed by atoms with Crippen molar-refractivity contribution in [2.75, 3.05) is 31.7 Å². The van der Waals surface area contributed by atoms with E-state index in [1.807, 2.05) is 19.1 Å². The van der Waals surface area contributed by atoms with Crippen LogP contribution in [0.5, 0.6) is 11.5 Å². The molecule has 0 atom stereocenters. The quantitative estimate of drug-likeness (QED) is 0.0379. The van der Waals surface area contributed by atoms with E-state index >= 15 is 0 Å². The Morgan fingerprint density at radius 2 is 1.12 bits per heavy atom. The molecule has 1 amide bonds. The first-order valence-corrected chi connectivity index (χ1v) is 18.0. The van der Waals surface area contributed by atoms with Crippen molar-refractivity contribution in [3.63, 3.8) is 0 Å². The molecule has 14 nitrogen and oxygen atoms in total. The second kappa shape index (κ2) is 22.6. The fourth-order valence-corrected chi connectivity index (χ4v) is 4.86. The molecule has 15 heteroatoms. The Balaban J connectivity index is 1.28. The number of nitrogens with zero attached hydrogens (tertiary/aromatic N) is 6. The third-order valence-electron chi connectivity index (χ3n) is 7.48. The van der Waals surface area contributed by atoms with Gasteiger partial charge in [0.1, 0.15) is 17.2 Å². The Hall–Kier alpha value is -6.54. The number of carbonyl (C=O) groups excluding carboxylic acids is 3. The lowest BCUT2D eigenvalue weighted by Crippen LogP contribution is -2.07. The molecule has 0 heterocycles. The lowest BCUT2D eigenvalue weighted by molar-refractivity contribution is -0.138. The number of esters is 2. The zero-order valence-corrected chi connectivity index (χ0v) is 31.9. The molecule has 1 N–H and O–H groups in total. The van der Waals surface area contributed by atoms with Crippen LogP contribution >= 0.6 is 11.6 Å². The minimum Gasteiger partial charge on any atom is -0.494 e. The van der Waals surface area contributed by atoms with Gasteiger partial charge in [-0.05, 0) is 111 Å². The maximum absolute atomic E-state index is 11.8. The van der Waals surface area contributed by atoms with Crippen molar-refractivity contribution in [1.82, 2.24) is 0 Å². The molecule has 0 spiro atoms. The van der Waals surface area contributed by atoms with Crippen LogP contribution in [0.1, 0.15) is 38.2 Å². The van der Waals surface area contributed by atoms with Crippen molar-refractivity contribution >= 4 is 69.3 Å². The topological polar surface area (TPSA) is 174 Å². The number of hydrogen-bond acceptors (Lipinski definition) is 13. The van der Waals surface area contributed by atoms with Gasteiger partial charge in [-0.3, -0.25) is 4.79 Å². The van der Waals surface area contributed by atoms with E-state index in [9.17, 15) is 14.4 Å². The zero-order chi connectivity index (χ0) is 40.1. The van der Waals surface area contributed by atoms with Gasteiger partial charge in [0.05, 0.1) is 65.6 Å². The molecule has 4 aromatic rings. The number of aryl methyl sites for hydroxylation is 1. The summed E-state index contributed by atoms with van der Waals surface area (Å²) in [4.78, 5) is 34.1. The number of unbranched alkanes of at least 4 members (excludes halogenated alkanes) is 2. The second-order valence-electron chi connectivity index (χ2n) is 11.9. The highest BCUT2D eigenvalue weighted by Crippen LogP contribution is 2.33. The molecule has 0 aliphatic rings. The monoisotopic (exact) mass is 779 g/mol. The van der Waals surface area contributed by atoms with E-state index < -0.39 is 11.9 Å². The standard InChI is InChI=1S/C41H42ClN7O7/c1-5-40(51)55-23-9-7-21-53-34-17-19-37(38(27-34)43-29(4)50)49-45-31-13-11-30(12-14-31)44-48-36-18-15-32(25-28(36)3)46-47-33-16-20-39(35(42)26-33)54-22-8-10-24-56-41(52)6-2/h5-6,11-20,25-27H,1-2,7-10,21-24H2,3-4H3,(H,43,50). The minimum atomic E-state index is -0.456. The van der Waals surface area contributed by atoms with Crippen molar-refractivity contribution in [2.45, 2.75) is 39.5 Å². The number of carbonyl (C=O) groups is 3. The van der Waals surface area contributed by atoms with Crippen molar-refractivity contribution in [3.05, 3.63) is 115 Å². The number of halogens is 1. The largest absolute Gasteiger partial charge is 0.494 e. The van der Waals surface area contributed by atoms with E-state index in [4.69, 9.17) is 30.5 Å². The van der Waals surface area contributed by atoms with Gasteiger partial charge in [-0.2, -0.15) is 25.6 Å². The summed E-state index contributed by atoms with van der Waals surface area (Å²) in [5, 5.41) is 29.2. The van der Waals surface area contributed by atoms with Crippen LogP contribution in [0.4, 0.5) is 39.8 Å². The van der Waals surface area contributed by atoms with E-state index in [1.54, 1.807) is 66.7 Å². The van der Waals surface area contributed by atoms with Gasteiger partial charge < -0.3 is 24.3 Å². The van der Waals surface area contributed by atoms with Crippen LogP contribution < -0.4 is 14.8 Å². The van der Waals surface area contributed by atoms with Crippen molar-refractivity contribution in [1.29, 1.82) is 0 Å². The summed E-state index contributed by atoms with van der Waals surface area (Å²) in [7, 11) is 0. The fraction of sp³-hybridized carbons (Fsp3) is 0.244.